The van der Waals surface area contributed by atoms with Gasteiger partial charge in [-0.3, -0.25) is 9.59 Å². The summed E-state index contributed by atoms with van der Waals surface area (Å²) >= 11 is 0. The van der Waals surface area contributed by atoms with Crippen molar-refractivity contribution in [2.45, 2.75) is 19.3 Å². The summed E-state index contributed by atoms with van der Waals surface area (Å²) < 4.78 is 0. The Labute approximate surface area is 105 Å². The first-order valence-electron chi connectivity index (χ1n) is 5.71. The molecule has 1 amide bonds. The number of aliphatic hydroxyl groups is 1. The van der Waals surface area contributed by atoms with Crippen molar-refractivity contribution in [3.63, 3.8) is 0 Å². The lowest BCUT2D eigenvalue weighted by Gasteiger charge is -2.13. The highest BCUT2D eigenvalue weighted by Crippen LogP contribution is 2.21. The lowest BCUT2D eigenvalue weighted by Crippen LogP contribution is -2.29. The lowest BCUT2D eigenvalue weighted by atomic mass is 9.94. The number of aliphatic carboxylic acids is 1. The number of benzene rings is 1. The average Bonchev–Trinajstić information content (AvgIpc) is 2.33. The van der Waals surface area contributed by atoms with E-state index in [2.05, 4.69) is 5.32 Å². The quantitative estimate of drug-likeness (QED) is 0.693. The van der Waals surface area contributed by atoms with Gasteiger partial charge < -0.3 is 15.5 Å². The summed E-state index contributed by atoms with van der Waals surface area (Å²) in [5.41, 5.74) is 1.57. The second kappa shape index (κ2) is 6.76. The number of amides is 1. The van der Waals surface area contributed by atoms with Crippen molar-refractivity contribution in [1.29, 1.82) is 0 Å². The van der Waals surface area contributed by atoms with Crippen LogP contribution < -0.4 is 5.32 Å². The van der Waals surface area contributed by atoms with Crippen LogP contribution in [0.5, 0.6) is 0 Å². The Morgan fingerprint density at radius 1 is 1.39 bits per heavy atom. The molecule has 1 aromatic rings. The van der Waals surface area contributed by atoms with Gasteiger partial charge in [-0.1, -0.05) is 29.8 Å². The molecule has 1 aromatic carbocycles. The molecule has 0 aromatic heterocycles. The number of nitrogens with one attached hydrogen (secondary N) is 1. The highest BCUT2D eigenvalue weighted by Gasteiger charge is 2.23. The average molecular weight is 251 g/mol. The van der Waals surface area contributed by atoms with Crippen molar-refractivity contribution in [3.05, 3.63) is 35.4 Å². The third-order valence-electron chi connectivity index (χ3n) is 2.57. The predicted molar refractivity (Wildman–Crippen MR) is 66.3 cm³/mol. The summed E-state index contributed by atoms with van der Waals surface area (Å²) in [5, 5.41) is 20.2. The number of carbonyl (C=O) groups excluding carboxylic acids is 1. The van der Waals surface area contributed by atoms with Gasteiger partial charge in [-0.05, 0) is 12.5 Å². The minimum absolute atomic E-state index is 0.126. The Morgan fingerprint density at radius 3 is 2.67 bits per heavy atom. The van der Waals surface area contributed by atoms with E-state index in [0.717, 1.165) is 5.56 Å². The van der Waals surface area contributed by atoms with Gasteiger partial charge in [0, 0.05) is 13.0 Å². The van der Waals surface area contributed by atoms with Crippen molar-refractivity contribution in [1.82, 2.24) is 5.32 Å². The van der Waals surface area contributed by atoms with E-state index < -0.39 is 11.9 Å². The molecule has 0 spiro atoms. The third-order valence-corrected chi connectivity index (χ3v) is 2.57. The standard InChI is InChI=1S/C13H17NO4/c1-9-3-2-4-10(7-9)11(13(17)18)8-12(16)14-5-6-15/h2-4,7,11,15H,5-6,8H2,1H3,(H,14,16)(H,17,18). The molecule has 1 rings (SSSR count). The van der Waals surface area contributed by atoms with Crippen LogP contribution in [0.4, 0.5) is 0 Å². The van der Waals surface area contributed by atoms with Crippen molar-refractivity contribution >= 4 is 11.9 Å². The molecule has 0 radical (unpaired) electrons. The minimum atomic E-state index is -1.03. The SMILES string of the molecule is Cc1cccc(C(CC(=O)NCCO)C(=O)O)c1. The lowest BCUT2D eigenvalue weighted by molar-refractivity contribution is -0.140. The molecule has 0 saturated carbocycles. The van der Waals surface area contributed by atoms with E-state index in [1.807, 2.05) is 13.0 Å². The molecular weight excluding hydrogens is 234 g/mol. The van der Waals surface area contributed by atoms with Crippen LogP contribution in [-0.4, -0.2) is 35.2 Å². The zero-order valence-electron chi connectivity index (χ0n) is 10.2. The zero-order valence-corrected chi connectivity index (χ0v) is 10.2. The Bertz CT molecular complexity index is 431. The number of aryl methyl sites for hydroxylation is 1. The van der Waals surface area contributed by atoms with Gasteiger partial charge in [-0.25, -0.2) is 0 Å². The molecule has 0 heterocycles. The van der Waals surface area contributed by atoms with E-state index in [0.29, 0.717) is 5.56 Å². The Morgan fingerprint density at radius 2 is 2.11 bits per heavy atom. The Kier molecular flexibility index (Phi) is 5.32. The van der Waals surface area contributed by atoms with Gasteiger partial charge >= 0.3 is 5.97 Å². The summed E-state index contributed by atoms with van der Waals surface area (Å²) in [6, 6.07) is 7.10. The molecule has 0 aliphatic heterocycles. The number of carboxylic acids is 1. The monoisotopic (exact) mass is 251 g/mol. The molecule has 1 atom stereocenters. The normalized spacial score (nSPS) is 11.9. The summed E-state index contributed by atoms with van der Waals surface area (Å²) in [6.07, 6.45) is -0.126. The maximum atomic E-state index is 11.5. The summed E-state index contributed by atoms with van der Waals surface area (Å²) in [5.74, 6) is -2.26. The van der Waals surface area contributed by atoms with Crippen LogP contribution in [0.2, 0.25) is 0 Å². The first-order chi connectivity index (χ1) is 8.54. The second-order valence-electron chi connectivity index (χ2n) is 4.08. The molecule has 98 valence electrons. The van der Waals surface area contributed by atoms with Crippen LogP contribution in [0.15, 0.2) is 24.3 Å². The van der Waals surface area contributed by atoms with Crippen LogP contribution in [-0.2, 0) is 9.59 Å². The largest absolute Gasteiger partial charge is 0.481 e. The van der Waals surface area contributed by atoms with Gasteiger partial charge in [0.15, 0.2) is 0 Å². The smallest absolute Gasteiger partial charge is 0.311 e. The van der Waals surface area contributed by atoms with E-state index in [9.17, 15) is 9.59 Å². The zero-order chi connectivity index (χ0) is 13.5. The molecule has 1 unspecified atom stereocenters. The molecule has 0 bridgehead atoms. The number of rotatable bonds is 6. The number of hydrogen-bond acceptors (Lipinski definition) is 3. The van der Waals surface area contributed by atoms with Gasteiger partial charge in [0.25, 0.3) is 0 Å². The van der Waals surface area contributed by atoms with E-state index in [4.69, 9.17) is 10.2 Å². The van der Waals surface area contributed by atoms with Crippen LogP contribution in [0.1, 0.15) is 23.5 Å². The fourth-order valence-corrected chi connectivity index (χ4v) is 1.69. The maximum Gasteiger partial charge on any atom is 0.311 e. The van der Waals surface area contributed by atoms with Crippen molar-refractivity contribution in [2.24, 2.45) is 0 Å². The fourth-order valence-electron chi connectivity index (χ4n) is 1.69. The Balaban J connectivity index is 2.77. The summed E-state index contributed by atoms with van der Waals surface area (Å²) in [7, 11) is 0. The first kappa shape index (κ1) is 14.2. The minimum Gasteiger partial charge on any atom is -0.481 e. The van der Waals surface area contributed by atoms with Gasteiger partial charge in [0.05, 0.1) is 12.5 Å². The molecule has 3 N–H and O–H groups in total. The van der Waals surface area contributed by atoms with Crippen LogP contribution in [0, 0.1) is 6.92 Å². The topological polar surface area (TPSA) is 86.6 Å². The highest BCUT2D eigenvalue weighted by molar-refractivity contribution is 5.85. The van der Waals surface area contributed by atoms with Gasteiger partial charge in [-0.15, -0.1) is 0 Å². The summed E-state index contributed by atoms with van der Waals surface area (Å²) in [4.78, 5) is 22.7. The van der Waals surface area contributed by atoms with E-state index in [1.165, 1.54) is 0 Å². The van der Waals surface area contributed by atoms with Crippen LogP contribution >= 0.6 is 0 Å². The van der Waals surface area contributed by atoms with Gasteiger partial charge in [0.1, 0.15) is 0 Å². The number of hydrogen-bond donors (Lipinski definition) is 3. The van der Waals surface area contributed by atoms with Gasteiger partial charge in [0.2, 0.25) is 5.91 Å². The first-order valence-corrected chi connectivity index (χ1v) is 5.71. The Hall–Kier alpha value is -1.88. The van der Waals surface area contributed by atoms with Gasteiger partial charge in [-0.2, -0.15) is 0 Å². The fraction of sp³-hybridized carbons (Fsp3) is 0.385. The maximum absolute atomic E-state index is 11.5. The van der Waals surface area contributed by atoms with Crippen molar-refractivity contribution < 1.29 is 19.8 Å². The van der Waals surface area contributed by atoms with Crippen molar-refractivity contribution in [2.75, 3.05) is 13.2 Å². The van der Waals surface area contributed by atoms with E-state index >= 15 is 0 Å². The van der Waals surface area contributed by atoms with E-state index in [1.54, 1.807) is 18.2 Å². The van der Waals surface area contributed by atoms with Crippen molar-refractivity contribution in [3.8, 4) is 0 Å². The number of carboxylic acid groups (broad SMARTS) is 1. The third kappa shape index (κ3) is 4.18. The highest BCUT2D eigenvalue weighted by atomic mass is 16.4. The molecule has 0 aliphatic carbocycles. The molecular formula is C13H17NO4. The van der Waals surface area contributed by atoms with Crippen LogP contribution in [0.25, 0.3) is 0 Å². The molecule has 0 aliphatic rings. The number of aliphatic hydroxyl groups excluding tert-OH is 1. The molecule has 18 heavy (non-hydrogen) atoms. The molecule has 5 heteroatoms. The molecule has 0 fully saturated rings. The molecule has 5 nitrogen and oxygen atoms in total. The predicted octanol–water partition coefficient (Wildman–Crippen LogP) is 0.662. The molecule has 0 saturated heterocycles. The van der Waals surface area contributed by atoms with Crippen LogP contribution in [0.3, 0.4) is 0 Å². The second-order valence-corrected chi connectivity index (χ2v) is 4.08. The van der Waals surface area contributed by atoms with E-state index in [-0.39, 0.29) is 25.5 Å². The number of carbonyl (C=O) groups is 2. The summed E-state index contributed by atoms with van der Waals surface area (Å²) in [6.45, 7) is 1.85.